The van der Waals surface area contributed by atoms with Gasteiger partial charge in [0.1, 0.15) is 5.69 Å². The molecule has 0 bridgehead atoms. The predicted molar refractivity (Wildman–Crippen MR) is 115 cm³/mol. The molecule has 3 aromatic rings. The Balaban J connectivity index is 1.71. The van der Waals surface area contributed by atoms with E-state index < -0.39 is 0 Å². The molecule has 1 amide bonds. The van der Waals surface area contributed by atoms with Crippen molar-refractivity contribution in [3.8, 4) is 16.9 Å². The molecule has 150 valence electrons. The Morgan fingerprint density at radius 2 is 1.97 bits per heavy atom. The summed E-state index contributed by atoms with van der Waals surface area (Å²) in [6, 6.07) is 19.1. The van der Waals surface area contributed by atoms with Crippen LogP contribution >= 0.6 is 11.6 Å². The summed E-state index contributed by atoms with van der Waals surface area (Å²) in [6.45, 7) is 4.85. The molecule has 1 saturated heterocycles. The van der Waals surface area contributed by atoms with Gasteiger partial charge in [-0.3, -0.25) is 4.79 Å². The minimum absolute atomic E-state index is 0.0176. The van der Waals surface area contributed by atoms with E-state index in [0.717, 1.165) is 36.6 Å². The van der Waals surface area contributed by atoms with Crippen LogP contribution in [0.1, 0.15) is 23.8 Å². The second kappa shape index (κ2) is 8.80. The summed E-state index contributed by atoms with van der Waals surface area (Å²) in [4.78, 5) is 15.4. The highest BCUT2D eigenvalue weighted by Crippen LogP contribution is 2.25. The van der Waals surface area contributed by atoms with Crippen molar-refractivity contribution in [1.82, 2.24) is 14.7 Å². The summed E-state index contributed by atoms with van der Waals surface area (Å²) in [6.07, 6.45) is 0.998. The number of hydrogen-bond donors (Lipinski definition) is 0. The van der Waals surface area contributed by atoms with Gasteiger partial charge in [0.2, 0.25) is 0 Å². The predicted octanol–water partition coefficient (Wildman–Crippen LogP) is 4.69. The lowest BCUT2D eigenvalue weighted by Gasteiger charge is -2.24. The summed E-state index contributed by atoms with van der Waals surface area (Å²) in [5, 5.41) is 5.42. The zero-order valence-electron chi connectivity index (χ0n) is 16.4. The molecule has 0 aliphatic carbocycles. The van der Waals surface area contributed by atoms with E-state index in [2.05, 4.69) is 0 Å². The van der Waals surface area contributed by atoms with E-state index in [-0.39, 0.29) is 5.91 Å². The molecule has 1 fully saturated rings. The Labute approximate surface area is 175 Å². The van der Waals surface area contributed by atoms with Gasteiger partial charge in [0.25, 0.3) is 5.91 Å². The van der Waals surface area contributed by atoms with Crippen LogP contribution in [0.5, 0.6) is 0 Å². The molecule has 5 nitrogen and oxygen atoms in total. The van der Waals surface area contributed by atoms with E-state index in [9.17, 15) is 4.79 Å². The number of para-hydroxylation sites is 1. The van der Waals surface area contributed by atoms with E-state index in [1.54, 1.807) is 4.68 Å². The number of carbonyl (C=O) groups excluding carboxylic acids is 1. The lowest BCUT2D eigenvalue weighted by molar-refractivity contribution is 0.0721. The first kappa shape index (κ1) is 19.7. The first-order valence-electron chi connectivity index (χ1n) is 9.94. The van der Waals surface area contributed by atoms with Crippen molar-refractivity contribution in [3.05, 3.63) is 71.4 Å². The van der Waals surface area contributed by atoms with E-state index in [1.165, 1.54) is 0 Å². The summed E-state index contributed by atoms with van der Waals surface area (Å²) < 4.78 is 7.22. The molecule has 0 saturated carbocycles. The van der Waals surface area contributed by atoms with Gasteiger partial charge in [0, 0.05) is 36.2 Å². The molecule has 1 aromatic heterocycles. The lowest BCUT2D eigenvalue weighted by Crippen LogP contribution is -2.36. The Morgan fingerprint density at radius 1 is 1.21 bits per heavy atom. The lowest BCUT2D eigenvalue weighted by atomic mass is 10.1. The summed E-state index contributed by atoms with van der Waals surface area (Å²) in [5.74, 6) is 0.374. The molecule has 2 aromatic carbocycles. The molecular weight excluding hydrogens is 386 g/mol. The molecular formula is C23H24ClN3O2. The topological polar surface area (TPSA) is 47.4 Å². The molecule has 1 atom stereocenters. The molecule has 0 N–H and O–H groups in total. The monoisotopic (exact) mass is 409 g/mol. The van der Waals surface area contributed by atoms with E-state index in [0.29, 0.717) is 29.7 Å². The SMILES string of the molecule is CCN(CC1CCOC1)C(=O)c1cc(-c2ccc(Cl)cc2)nn1-c1ccccc1. The first-order chi connectivity index (χ1) is 14.2. The number of nitrogens with zero attached hydrogens (tertiary/aromatic N) is 3. The van der Waals surface area contributed by atoms with Crippen LogP contribution in [0.25, 0.3) is 16.9 Å². The molecule has 1 aliphatic rings. The maximum atomic E-state index is 13.5. The van der Waals surface area contributed by atoms with Gasteiger partial charge in [0.15, 0.2) is 0 Å². The van der Waals surface area contributed by atoms with Crippen LogP contribution in [0, 0.1) is 5.92 Å². The van der Waals surface area contributed by atoms with Crippen molar-refractivity contribution in [2.45, 2.75) is 13.3 Å². The maximum Gasteiger partial charge on any atom is 0.272 e. The van der Waals surface area contributed by atoms with Gasteiger partial charge in [-0.25, -0.2) is 4.68 Å². The van der Waals surface area contributed by atoms with Gasteiger partial charge in [-0.15, -0.1) is 0 Å². The molecule has 4 rings (SSSR count). The molecule has 0 radical (unpaired) electrons. The first-order valence-corrected chi connectivity index (χ1v) is 10.3. The maximum absolute atomic E-state index is 13.5. The van der Waals surface area contributed by atoms with Gasteiger partial charge in [-0.1, -0.05) is 41.9 Å². The van der Waals surface area contributed by atoms with Crippen molar-refractivity contribution >= 4 is 17.5 Å². The molecule has 2 heterocycles. The van der Waals surface area contributed by atoms with Crippen molar-refractivity contribution < 1.29 is 9.53 Å². The zero-order valence-corrected chi connectivity index (χ0v) is 17.2. The third-order valence-corrected chi connectivity index (χ3v) is 5.49. The summed E-state index contributed by atoms with van der Waals surface area (Å²) in [5.41, 5.74) is 3.08. The molecule has 29 heavy (non-hydrogen) atoms. The van der Waals surface area contributed by atoms with Crippen LogP contribution in [-0.4, -0.2) is 46.9 Å². The number of halogens is 1. The zero-order chi connectivity index (χ0) is 20.2. The van der Waals surface area contributed by atoms with Crippen molar-refractivity contribution in [1.29, 1.82) is 0 Å². The average Bonchev–Trinajstić information content (AvgIpc) is 3.43. The third kappa shape index (κ3) is 4.36. The normalized spacial score (nSPS) is 16.1. The van der Waals surface area contributed by atoms with Crippen LogP contribution in [0.2, 0.25) is 5.02 Å². The Morgan fingerprint density at radius 3 is 2.62 bits per heavy atom. The van der Waals surface area contributed by atoms with Crippen LogP contribution in [-0.2, 0) is 4.74 Å². The summed E-state index contributed by atoms with van der Waals surface area (Å²) >= 11 is 6.03. The standard InChI is InChI=1S/C23H24ClN3O2/c1-2-26(15-17-12-13-29-16-17)23(28)22-14-21(18-8-10-19(24)11-9-18)25-27(22)20-6-4-3-5-7-20/h3-11,14,17H,2,12-13,15-16H2,1H3. The second-order valence-corrected chi connectivity index (χ2v) is 7.68. The minimum atomic E-state index is -0.0176. The summed E-state index contributed by atoms with van der Waals surface area (Å²) in [7, 11) is 0. The van der Waals surface area contributed by atoms with E-state index in [4.69, 9.17) is 21.4 Å². The Bertz CT molecular complexity index is 964. The highest BCUT2D eigenvalue weighted by atomic mass is 35.5. The number of carbonyl (C=O) groups is 1. The fourth-order valence-electron chi connectivity index (χ4n) is 3.62. The quantitative estimate of drug-likeness (QED) is 0.593. The van der Waals surface area contributed by atoms with Gasteiger partial charge in [-0.2, -0.15) is 5.10 Å². The van der Waals surface area contributed by atoms with Crippen LogP contribution in [0.15, 0.2) is 60.7 Å². The van der Waals surface area contributed by atoms with Gasteiger partial charge in [0.05, 0.1) is 18.0 Å². The van der Waals surface area contributed by atoms with Crippen LogP contribution in [0.3, 0.4) is 0 Å². The molecule has 1 unspecified atom stereocenters. The number of aromatic nitrogens is 2. The van der Waals surface area contributed by atoms with Crippen molar-refractivity contribution in [3.63, 3.8) is 0 Å². The molecule has 6 heteroatoms. The van der Waals surface area contributed by atoms with E-state index >= 15 is 0 Å². The number of ether oxygens (including phenoxy) is 1. The Hall–Kier alpha value is -2.63. The van der Waals surface area contributed by atoms with Gasteiger partial charge >= 0.3 is 0 Å². The number of rotatable bonds is 6. The minimum Gasteiger partial charge on any atom is -0.381 e. The van der Waals surface area contributed by atoms with Crippen molar-refractivity contribution in [2.75, 3.05) is 26.3 Å². The second-order valence-electron chi connectivity index (χ2n) is 7.24. The largest absolute Gasteiger partial charge is 0.381 e. The highest BCUT2D eigenvalue weighted by molar-refractivity contribution is 6.30. The third-order valence-electron chi connectivity index (χ3n) is 5.24. The van der Waals surface area contributed by atoms with Crippen LogP contribution < -0.4 is 0 Å². The molecule has 1 aliphatic heterocycles. The Kier molecular flexibility index (Phi) is 5.97. The fraction of sp³-hybridized carbons (Fsp3) is 0.304. The number of amides is 1. The van der Waals surface area contributed by atoms with Crippen LogP contribution in [0.4, 0.5) is 0 Å². The van der Waals surface area contributed by atoms with Gasteiger partial charge in [-0.05, 0) is 43.7 Å². The van der Waals surface area contributed by atoms with Crippen molar-refractivity contribution in [2.24, 2.45) is 5.92 Å². The molecule has 0 spiro atoms. The average molecular weight is 410 g/mol. The fourth-order valence-corrected chi connectivity index (χ4v) is 3.74. The van der Waals surface area contributed by atoms with Gasteiger partial charge < -0.3 is 9.64 Å². The highest BCUT2D eigenvalue weighted by Gasteiger charge is 2.26. The number of hydrogen-bond acceptors (Lipinski definition) is 3. The van der Waals surface area contributed by atoms with E-state index in [1.807, 2.05) is 72.5 Å². The number of benzene rings is 2. The smallest absolute Gasteiger partial charge is 0.272 e.